The summed E-state index contributed by atoms with van der Waals surface area (Å²) >= 11 is 0. The lowest BCUT2D eigenvalue weighted by molar-refractivity contribution is -0.0340. The summed E-state index contributed by atoms with van der Waals surface area (Å²) in [5, 5.41) is 3.10. The van der Waals surface area contributed by atoms with E-state index in [-0.39, 0.29) is 24.1 Å². The lowest BCUT2D eigenvalue weighted by atomic mass is 9.85. The highest BCUT2D eigenvalue weighted by molar-refractivity contribution is 5.69. The van der Waals surface area contributed by atoms with Crippen LogP contribution in [0.4, 0.5) is 9.18 Å². The van der Waals surface area contributed by atoms with Crippen molar-refractivity contribution in [3.63, 3.8) is 0 Å². The van der Waals surface area contributed by atoms with Gasteiger partial charge in [0.2, 0.25) is 0 Å². The standard InChI is InChI=1S/C24H27FN2O2/c25-21-6-2-1-5-19(21)18-8-9-20-17(14-18)4-3-7-22(20)26-24(28)29-23-15-27-12-10-16(23)11-13-27/h1-2,5-6,8-9,14,16,22-23H,3-4,7,10-13,15H2,(H,26,28)/t22?,23-/m0/s1. The van der Waals surface area contributed by atoms with Crippen LogP contribution in [-0.4, -0.2) is 36.7 Å². The lowest BCUT2D eigenvalue weighted by Gasteiger charge is -2.44. The topological polar surface area (TPSA) is 41.6 Å². The summed E-state index contributed by atoms with van der Waals surface area (Å²) in [5.74, 6) is 0.298. The van der Waals surface area contributed by atoms with Gasteiger partial charge >= 0.3 is 6.09 Å². The number of nitrogens with one attached hydrogen (secondary N) is 1. The number of rotatable bonds is 3. The van der Waals surface area contributed by atoms with E-state index < -0.39 is 0 Å². The Morgan fingerprint density at radius 1 is 1.10 bits per heavy atom. The summed E-state index contributed by atoms with van der Waals surface area (Å²) in [6.07, 6.45) is 4.82. The van der Waals surface area contributed by atoms with E-state index in [0.29, 0.717) is 11.5 Å². The van der Waals surface area contributed by atoms with Gasteiger partial charge in [-0.3, -0.25) is 4.90 Å². The Morgan fingerprint density at radius 3 is 2.69 bits per heavy atom. The van der Waals surface area contributed by atoms with Gasteiger partial charge in [0.05, 0.1) is 6.04 Å². The van der Waals surface area contributed by atoms with E-state index in [9.17, 15) is 9.18 Å². The minimum absolute atomic E-state index is 0.0176. The number of hydrogen-bond donors (Lipinski definition) is 1. The lowest BCUT2D eigenvalue weighted by Crippen LogP contribution is -2.52. The zero-order valence-electron chi connectivity index (χ0n) is 16.6. The molecule has 1 unspecified atom stereocenters. The average molecular weight is 394 g/mol. The normalized spacial score (nSPS) is 27.9. The van der Waals surface area contributed by atoms with Crippen molar-refractivity contribution < 1.29 is 13.9 Å². The van der Waals surface area contributed by atoms with Gasteiger partial charge in [-0.25, -0.2) is 9.18 Å². The second kappa shape index (κ2) is 7.79. The molecule has 3 heterocycles. The molecular formula is C24H27FN2O2. The molecule has 2 aromatic rings. The van der Waals surface area contributed by atoms with Crippen molar-refractivity contribution in [1.29, 1.82) is 0 Å². The molecular weight excluding hydrogens is 367 g/mol. The van der Waals surface area contributed by atoms with Crippen molar-refractivity contribution in [1.82, 2.24) is 10.2 Å². The monoisotopic (exact) mass is 394 g/mol. The van der Waals surface area contributed by atoms with E-state index in [1.54, 1.807) is 12.1 Å². The Hall–Kier alpha value is -2.40. The van der Waals surface area contributed by atoms with E-state index in [4.69, 9.17) is 4.74 Å². The van der Waals surface area contributed by atoms with Gasteiger partial charge in [0.25, 0.3) is 0 Å². The summed E-state index contributed by atoms with van der Waals surface area (Å²) in [5.41, 5.74) is 3.82. The van der Waals surface area contributed by atoms with Gasteiger partial charge in [-0.1, -0.05) is 36.4 Å². The van der Waals surface area contributed by atoms with Crippen molar-refractivity contribution in [2.75, 3.05) is 19.6 Å². The van der Waals surface area contributed by atoms with Crippen molar-refractivity contribution in [2.24, 2.45) is 5.92 Å². The molecule has 2 atom stereocenters. The fourth-order valence-corrected chi connectivity index (χ4v) is 5.19. The van der Waals surface area contributed by atoms with E-state index in [0.717, 1.165) is 62.9 Å². The summed E-state index contributed by atoms with van der Waals surface area (Å²) in [6.45, 7) is 3.13. The molecule has 2 aromatic carbocycles. The molecule has 1 aliphatic carbocycles. The van der Waals surface area contributed by atoms with Crippen LogP contribution in [0.25, 0.3) is 11.1 Å². The molecule has 5 heteroatoms. The molecule has 152 valence electrons. The van der Waals surface area contributed by atoms with Gasteiger partial charge in [-0.2, -0.15) is 0 Å². The highest BCUT2D eigenvalue weighted by atomic mass is 19.1. The number of nitrogens with zero attached hydrogens (tertiary/aromatic N) is 1. The van der Waals surface area contributed by atoms with Gasteiger partial charge in [-0.15, -0.1) is 0 Å². The number of carbonyl (C=O) groups is 1. The molecule has 0 saturated carbocycles. The maximum Gasteiger partial charge on any atom is 0.407 e. The van der Waals surface area contributed by atoms with E-state index in [1.807, 2.05) is 18.2 Å². The number of alkyl carbamates (subject to hydrolysis) is 1. The summed E-state index contributed by atoms with van der Waals surface area (Å²) in [6, 6.07) is 12.9. The van der Waals surface area contributed by atoms with Crippen LogP contribution >= 0.6 is 0 Å². The predicted molar refractivity (Wildman–Crippen MR) is 110 cm³/mol. The summed E-state index contributed by atoms with van der Waals surface area (Å²) < 4.78 is 20.0. The fourth-order valence-electron chi connectivity index (χ4n) is 5.19. The molecule has 3 aliphatic heterocycles. The molecule has 3 fully saturated rings. The minimum Gasteiger partial charge on any atom is -0.445 e. The molecule has 1 amide bonds. The molecule has 4 nitrogen and oxygen atoms in total. The van der Waals surface area contributed by atoms with Crippen LogP contribution in [0.2, 0.25) is 0 Å². The molecule has 0 radical (unpaired) electrons. The quantitative estimate of drug-likeness (QED) is 0.821. The van der Waals surface area contributed by atoms with Crippen molar-refractivity contribution >= 4 is 6.09 Å². The van der Waals surface area contributed by atoms with E-state index in [2.05, 4.69) is 16.3 Å². The van der Waals surface area contributed by atoms with Gasteiger partial charge in [0.15, 0.2) is 0 Å². The zero-order chi connectivity index (χ0) is 19.8. The smallest absolute Gasteiger partial charge is 0.407 e. The number of ether oxygens (including phenoxy) is 1. The maximum absolute atomic E-state index is 14.2. The largest absolute Gasteiger partial charge is 0.445 e. The van der Waals surface area contributed by atoms with Crippen LogP contribution in [-0.2, 0) is 11.2 Å². The van der Waals surface area contributed by atoms with Crippen molar-refractivity contribution in [3.8, 4) is 11.1 Å². The van der Waals surface area contributed by atoms with Crippen molar-refractivity contribution in [3.05, 3.63) is 59.4 Å². The molecule has 4 aliphatic rings. The van der Waals surface area contributed by atoms with Gasteiger partial charge in [0, 0.05) is 12.1 Å². The first-order valence-corrected chi connectivity index (χ1v) is 10.7. The van der Waals surface area contributed by atoms with E-state index >= 15 is 0 Å². The SMILES string of the molecule is O=C(NC1CCCc2cc(-c3ccccc3F)ccc21)O[C@H]1CN2CCC1CC2. The highest BCUT2D eigenvalue weighted by Gasteiger charge is 2.37. The zero-order valence-corrected chi connectivity index (χ0v) is 16.6. The van der Waals surface area contributed by atoms with Crippen molar-refractivity contribution in [2.45, 2.75) is 44.2 Å². The summed E-state index contributed by atoms with van der Waals surface area (Å²) in [4.78, 5) is 15.0. The molecule has 0 aromatic heterocycles. The first-order valence-electron chi connectivity index (χ1n) is 10.7. The fraction of sp³-hybridized carbons (Fsp3) is 0.458. The molecule has 6 rings (SSSR count). The minimum atomic E-state index is -0.306. The van der Waals surface area contributed by atoms with Crippen LogP contribution < -0.4 is 5.32 Å². The average Bonchev–Trinajstić information content (AvgIpc) is 2.75. The Balaban J connectivity index is 1.29. The van der Waals surface area contributed by atoms with Crippen LogP contribution in [0, 0.1) is 11.7 Å². The second-order valence-electron chi connectivity index (χ2n) is 8.56. The first kappa shape index (κ1) is 18.6. The number of benzene rings is 2. The van der Waals surface area contributed by atoms with Crippen LogP contribution in [0.1, 0.15) is 42.9 Å². The highest BCUT2D eigenvalue weighted by Crippen LogP contribution is 2.34. The number of piperidine rings is 3. The molecule has 2 bridgehead atoms. The third-order valence-electron chi connectivity index (χ3n) is 6.79. The Morgan fingerprint density at radius 2 is 1.93 bits per heavy atom. The summed E-state index contributed by atoms with van der Waals surface area (Å²) in [7, 11) is 0. The molecule has 3 saturated heterocycles. The third kappa shape index (κ3) is 3.76. The molecule has 0 spiro atoms. The van der Waals surface area contributed by atoms with Gasteiger partial charge in [-0.05, 0) is 73.9 Å². The maximum atomic E-state index is 14.2. The van der Waals surface area contributed by atoms with Gasteiger partial charge < -0.3 is 10.1 Å². The predicted octanol–water partition coefficient (Wildman–Crippen LogP) is 4.69. The number of fused-ring (bicyclic) bond motifs is 4. The Labute approximate surface area is 171 Å². The van der Waals surface area contributed by atoms with Gasteiger partial charge in [0.1, 0.15) is 11.9 Å². The first-order chi connectivity index (χ1) is 14.2. The molecule has 1 N–H and O–H groups in total. The Kier molecular flexibility index (Phi) is 5.00. The number of aryl methyl sites for hydroxylation is 1. The third-order valence-corrected chi connectivity index (χ3v) is 6.79. The van der Waals surface area contributed by atoms with Crippen LogP contribution in [0.15, 0.2) is 42.5 Å². The Bertz CT molecular complexity index is 908. The number of halogens is 1. The number of amides is 1. The van der Waals surface area contributed by atoms with E-state index in [1.165, 1.54) is 11.6 Å². The number of carbonyl (C=O) groups excluding carboxylic acids is 1. The second-order valence-corrected chi connectivity index (χ2v) is 8.56. The van der Waals surface area contributed by atoms with Crippen LogP contribution in [0.3, 0.4) is 0 Å². The number of hydrogen-bond acceptors (Lipinski definition) is 3. The van der Waals surface area contributed by atoms with Crippen LogP contribution in [0.5, 0.6) is 0 Å². The molecule has 29 heavy (non-hydrogen) atoms.